The zero-order valence-electron chi connectivity index (χ0n) is 13.6. The van der Waals surface area contributed by atoms with Crippen LogP contribution < -0.4 is 11.3 Å². The van der Waals surface area contributed by atoms with Crippen molar-refractivity contribution in [3.05, 3.63) is 57.0 Å². The fourth-order valence-electron chi connectivity index (χ4n) is 2.22. The Morgan fingerprint density at radius 2 is 2.04 bits per heavy atom. The van der Waals surface area contributed by atoms with Crippen molar-refractivity contribution in [2.24, 2.45) is 0 Å². The molecule has 3 heterocycles. The summed E-state index contributed by atoms with van der Waals surface area (Å²) in [6, 6.07) is 9.10. The molecule has 0 atom stereocenters. The third-order valence-corrected chi connectivity index (χ3v) is 6.65. The zero-order chi connectivity index (χ0) is 18.8. The van der Waals surface area contributed by atoms with Crippen molar-refractivity contribution >= 4 is 57.4 Å². The summed E-state index contributed by atoms with van der Waals surface area (Å²) < 4.78 is 2.05. The van der Waals surface area contributed by atoms with E-state index in [1.54, 1.807) is 0 Å². The summed E-state index contributed by atoms with van der Waals surface area (Å²) in [5.74, 6) is 1.45. The van der Waals surface area contributed by atoms with Crippen LogP contribution in [0.5, 0.6) is 0 Å². The van der Waals surface area contributed by atoms with Gasteiger partial charge in [0.25, 0.3) is 11.3 Å². The topological polar surface area (TPSA) is 115 Å². The Morgan fingerprint density at radius 1 is 1.19 bits per heavy atom. The number of thioether (sulfide) groups is 2. The molecule has 0 bridgehead atoms. The molecule has 0 spiro atoms. The van der Waals surface area contributed by atoms with Crippen LogP contribution in [-0.4, -0.2) is 29.8 Å². The highest BCUT2D eigenvalue weighted by Crippen LogP contribution is 2.27. The van der Waals surface area contributed by atoms with Crippen molar-refractivity contribution in [1.82, 2.24) is 29.8 Å². The van der Waals surface area contributed by atoms with Crippen molar-refractivity contribution in [3.63, 3.8) is 0 Å². The molecule has 3 aromatic heterocycles. The first kappa shape index (κ1) is 18.3. The van der Waals surface area contributed by atoms with Crippen LogP contribution in [0.2, 0.25) is 5.02 Å². The molecule has 0 aliphatic carbocycles. The van der Waals surface area contributed by atoms with Gasteiger partial charge in [-0.25, -0.2) is 4.98 Å². The SMILES string of the molecule is Nc1nnc(SCc2cc(=O)n3[nH]c(SCc4ccccc4Cl)nc3n2)s1. The second-order valence-corrected chi connectivity index (χ2v) is 8.93. The number of rotatable bonds is 6. The predicted octanol–water partition coefficient (Wildman–Crippen LogP) is 3.09. The van der Waals surface area contributed by atoms with E-state index in [2.05, 4.69) is 25.3 Å². The number of benzene rings is 1. The molecule has 0 fully saturated rings. The molecule has 1 aromatic carbocycles. The van der Waals surface area contributed by atoms with Crippen molar-refractivity contribution in [2.45, 2.75) is 21.0 Å². The number of fused-ring (bicyclic) bond motifs is 1. The van der Waals surface area contributed by atoms with Gasteiger partial charge in [-0.3, -0.25) is 9.89 Å². The fourth-order valence-corrected chi connectivity index (χ4v) is 4.88. The Kier molecular flexibility index (Phi) is 5.34. The maximum Gasteiger partial charge on any atom is 0.274 e. The van der Waals surface area contributed by atoms with E-state index in [-0.39, 0.29) is 5.56 Å². The molecule has 0 saturated heterocycles. The van der Waals surface area contributed by atoms with E-state index < -0.39 is 0 Å². The van der Waals surface area contributed by atoms with Gasteiger partial charge < -0.3 is 5.73 Å². The van der Waals surface area contributed by atoms with Gasteiger partial charge in [0.2, 0.25) is 5.13 Å². The largest absolute Gasteiger partial charge is 0.374 e. The number of nitrogens with one attached hydrogen (secondary N) is 1. The predicted molar refractivity (Wildman–Crippen MR) is 109 cm³/mol. The van der Waals surface area contributed by atoms with E-state index in [1.807, 2.05) is 24.3 Å². The summed E-state index contributed by atoms with van der Waals surface area (Å²) in [5, 5.41) is 12.4. The van der Waals surface area contributed by atoms with Crippen LogP contribution in [0.1, 0.15) is 11.3 Å². The Morgan fingerprint density at radius 3 is 2.81 bits per heavy atom. The van der Waals surface area contributed by atoms with Crippen molar-refractivity contribution in [1.29, 1.82) is 0 Å². The standard InChI is InChI=1S/C15H12ClN7OS3/c16-10-4-2-1-3-8(10)6-25-14-19-13-18-9(5-11(24)23(13)22-14)7-26-15-21-20-12(17)27-15/h1-5H,6-7H2,(H2,17,20)(H,18,19,22). The summed E-state index contributed by atoms with van der Waals surface area (Å²) in [6.45, 7) is 0. The van der Waals surface area contributed by atoms with E-state index >= 15 is 0 Å². The van der Waals surface area contributed by atoms with E-state index in [9.17, 15) is 4.79 Å². The van der Waals surface area contributed by atoms with E-state index in [0.717, 1.165) is 9.90 Å². The summed E-state index contributed by atoms with van der Waals surface area (Å²) in [6.07, 6.45) is 0. The molecule has 0 unspecified atom stereocenters. The molecule has 0 aliphatic rings. The molecule has 8 nitrogen and oxygen atoms in total. The van der Waals surface area contributed by atoms with Crippen molar-refractivity contribution < 1.29 is 0 Å². The number of nitrogens with two attached hydrogens (primary N) is 1. The van der Waals surface area contributed by atoms with Gasteiger partial charge in [0, 0.05) is 22.6 Å². The third kappa shape index (κ3) is 4.26. The molecule has 138 valence electrons. The summed E-state index contributed by atoms with van der Waals surface area (Å²) in [4.78, 5) is 21.2. The van der Waals surface area contributed by atoms with E-state index in [0.29, 0.717) is 38.3 Å². The van der Waals surface area contributed by atoms with Gasteiger partial charge in [-0.15, -0.1) is 10.2 Å². The molecular formula is C15H12ClN7OS3. The highest BCUT2D eigenvalue weighted by Gasteiger charge is 2.11. The maximum atomic E-state index is 12.3. The lowest BCUT2D eigenvalue weighted by molar-refractivity contribution is 0.844. The highest BCUT2D eigenvalue weighted by atomic mass is 35.5. The lowest BCUT2D eigenvalue weighted by Crippen LogP contribution is -2.15. The number of hydrogen-bond donors (Lipinski definition) is 2. The monoisotopic (exact) mass is 437 g/mol. The Hall–Kier alpha value is -2.08. The summed E-state index contributed by atoms with van der Waals surface area (Å²) in [5.41, 5.74) is 6.97. The first-order chi connectivity index (χ1) is 13.1. The Balaban J connectivity index is 1.50. The van der Waals surface area contributed by atoms with Gasteiger partial charge in [-0.05, 0) is 11.6 Å². The number of aromatic amines is 1. The molecule has 0 aliphatic heterocycles. The highest BCUT2D eigenvalue weighted by molar-refractivity contribution is 8.00. The maximum absolute atomic E-state index is 12.3. The van der Waals surface area contributed by atoms with E-state index in [1.165, 1.54) is 45.4 Å². The van der Waals surface area contributed by atoms with Crippen LogP contribution in [0.25, 0.3) is 5.78 Å². The van der Waals surface area contributed by atoms with Crippen molar-refractivity contribution in [3.8, 4) is 0 Å². The van der Waals surface area contributed by atoms with Gasteiger partial charge in [0.1, 0.15) is 0 Å². The number of aromatic nitrogens is 6. The minimum Gasteiger partial charge on any atom is -0.374 e. The number of nitrogen functional groups attached to an aromatic ring is 1. The number of halogens is 1. The number of nitrogens with zero attached hydrogens (tertiary/aromatic N) is 5. The van der Waals surface area contributed by atoms with Crippen LogP contribution in [0.3, 0.4) is 0 Å². The van der Waals surface area contributed by atoms with Gasteiger partial charge in [-0.1, -0.05) is 64.7 Å². The fraction of sp³-hybridized carbons (Fsp3) is 0.133. The summed E-state index contributed by atoms with van der Waals surface area (Å²) >= 11 is 10.3. The second kappa shape index (κ2) is 7.89. The van der Waals surface area contributed by atoms with Gasteiger partial charge in [0.05, 0.1) is 5.69 Å². The third-order valence-electron chi connectivity index (χ3n) is 3.45. The molecule has 27 heavy (non-hydrogen) atoms. The van der Waals surface area contributed by atoms with Crippen molar-refractivity contribution in [2.75, 3.05) is 5.73 Å². The van der Waals surface area contributed by atoms with E-state index in [4.69, 9.17) is 17.3 Å². The summed E-state index contributed by atoms with van der Waals surface area (Å²) in [7, 11) is 0. The molecule has 4 aromatic rings. The zero-order valence-corrected chi connectivity index (χ0v) is 16.8. The average molecular weight is 438 g/mol. The van der Waals surface area contributed by atoms with Gasteiger partial charge >= 0.3 is 0 Å². The minimum absolute atomic E-state index is 0.218. The molecule has 12 heteroatoms. The number of H-pyrrole nitrogens is 1. The van der Waals surface area contributed by atoms with Crippen LogP contribution in [0.15, 0.2) is 44.6 Å². The molecule has 0 radical (unpaired) electrons. The molecular weight excluding hydrogens is 426 g/mol. The Labute approximate surface area is 170 Å². The number of anilines is 1. The molecule has 3 N–H and O–H groups in total. The Bertz CT molecular complexity index is 1160. The number of hydrogen-bond acceptors (Lipinski definition) is 9. The van der Waals surface area contributed by atoms with Crippen LogP contribution >= 0.6 is 46.5 Å². The van der Waals surface area contributed by atoms with Crippen LogP contribution in [-0.2, 0) is 11.5 Å². The average Bonchev–Trinajstić information content (AvgIpc) is 3.25. The van der Waals surface area contributed by atoms with Crippen LogP contribution in [0.4, 0.5) is 5.13 Å². The minimum atomic E-state index is -0.218. The quantitative estimate of drug-likeness (QED) is 0.442. The molecule has 0 saturated carbocycles. The van der Waals surface area contributed by atoms with Crippen LogP contribution in [0, 0.1) is 0 Å². The lowest BCUT2D eigenvalue weighted by atomic mass is 10.2. The van der Waals surface area contributed by atoms with Gasteiger partial charge in [0.15, 0.2) is 9.50 Å². The normalized spacial score (nSPS) is 11.3. The smallest absolute Gasteiger partial charge is 0.274 e. The van der Waals surface area contributed by atoms with Gasteiger partial charge in [-0.2, -0.15) is 9.50 Å². The first-order valence-electron chi connectivity index (χ1n) is 7.65. The second-order valence-electron chi connectivity index (χ2n) is 5.32. The molecule has 0 amide bonds. The molecule has 4 rings (SSSR count). The lowest BCUT2D eigenvalue weighted by Gasteiger charge is -2.00. The first-order valence-corrected chi connectivity index (χ1v) is 10.8.